The van der Waals surface area contributed by atoms with E-state index < -0.39 is 12.2 Å². The lowest BCUT2D eigenvalue weighted by molar-refractivity contribution is 0.0871. The third-order valence-electron chi connectivity index (χ3n) is 5.36. The number of rotatable bonds is 8. The number of ketones is 2. The van der Waals surface area contributed by atoms with E-state index in [4.69, 9.17) is 20.9 Å². The number of carbonyl (C=O) groups is 3. The number of nitrogens with zero attached hydrogens (tertiary/aromatic N) is 1. The van der Waals surface area contributed by atoms with Crippen LogP contribution in [-0.4, -0.2) is 55.5 Å². The molecule has 1 aromatic heterocycles. The van der Waals surface area contributed by atoms with Crippen LogP contribution in [0, 0.1) is 0 Å². The Bertz CT molecular complexity index is 888. The van der Waals surface area contributed by atoms with Crippen LogP contribution in [0.4, 0.5) is 4.79 Å². The Hall–Kier alpha value is -2.69. The van der Waals surface area contributed by atoms with Crippen LogP contribution in [0.5, 0.6) is 0 Å². The molecule has 2 atom stereocenters. The number of nitrogens with two attached hydrogens (primary N) is 2. The Morgan fingerprint density at radius 1 is 1.28 bits per heavy atom. The van der Waals surface area contributed by atoms with Crippen molar-refractivity contribution >= 4 is 17.7 Å². The van der Waals surface area contributed by atoms with Gasteiger partial charge in [-0.05, 0) is 26.9 Å². The summed E-state index contributed by atoms with van der Waals surface area (Å²) in [6.45, 7) is 3.03. The van der Waals surface area contributed by atoms with Crippen LogP contribution in [0.25, 0.3) is 0 Å². The minimum atomic E-state index is -0.971. The SMILES string of the molecule is CNCCCNC1=C(C)C(=O)c2c(c(COC(N)=O)c3n2C[C@H](N)[C@H]3OC)C1=O. The highest BCUT2D eigenvalue weighted by Crippen LogP contribution is 2.41. The molecule has 2 heterocycles. The molecule has 10 nitrogen and oxygen atoms in total. The minimum Gasteiger partial charge on any atom is -0.445 e. The summed E-state index contributed by atoms with van der Waals surface area (Å²) in [6, 6.07) is -0.388. The first-order chi connectivity index (χ1) is 13.8. The van der Waals surface area contributed by atoms with Crippen molar-refractivity contribution in [2.45, 2.75) is 38.6 Å². The topological polar surface area (TPSA) is 151 Å². The van der Waals surface area contributed by atoms with E-state index >= 15 is 0 Å². The average Bonchev–Trinajstić information content (AvgIpc) is 3.16. The number of Topliss-reactive ketones (excluding diaryl/α,β-unsaturated/α-hetero) is 2. The summed E-state index contributed by atoms with van der Waals surface area (Å²) in [5.41, 5.74) is 13.4. The number of amides is 1. The molecule has 2 aliphatic rings. The largest absolute Gasteiger partial charge is 0.445 e. The second-order valence-electron chi connectivity index (χ2n) is 7.17. The quantitative estimate of drug-likeness (QED) is 0.440. The number of fused-ring (bicyclic) bond motifs is 3. The van der Waals surface area contributed by atoms with E-state index in [-0.39, 0.29) is 41.2 Å². The smallest absolute Gasteiger partial charge is 0.404 e. The zero-order chi connectivity index (χ0) is 21.3. The summed E-state index contributed by atoms with van der Waals surface area (Å²) in [5, 5.41) is 6.12. The van der Waals surface area contributed by atoms with Gasteiger partial charge in [-0.25, -0.2) is 4.79 Å². The molecule has 1 aromatic rings. The summed E-state index contributed by atoms with van der Waals surface area (Å²) in [5.74, 6) is -0.568. The van der Waals surface area contributed by atoms with Crippen LogP contribution < -0.4 is 22.1 Å². The second-order valence-corrected chi connectivity index (χ2v) is 7.17. The van der Waals surface area contributed by atoms with E-state index in [1.807, 2.05) is 7.05 Å². The van der Waals surface area contributed by atoms with Gasteiger partial charge in [-0.3, -0.25) is 9.59 Å². The Morgan fingerprint density at radius 2 is 2.00 bits per heavy atom. The number of ether oxygens (including phenoxy) is 2. The molecule has 6 N–H and O–H groups in total. The fourth-order valence-corrected chi connectivity index (χ4v) is 4.05. The summed E-state index contributed by atoms with van der Waals surface area (Å²) >= 11 is 0. The number of aromatic nitrogens is 1. The molecule has 0 saturated heterocycles. The number of allylic oxidation sites excluding steroid dienone is 2. The molecule has 10 heteroatoms. The van der Waals surface area contributed by atoms with E-state index in [2.05, 4.69) is 10.6 Å². The van der Waals surface area contributed by atoms with Crippen molar-refractivity contribution in [3.05, 3.63) is 33.8 Å². The predicted molar refractivity (Wildman–Crippen MR) is 104 cm³/mol. The van der Waals surface area contributed by atoms with E-state index in [9.17, 15) is 14.4 Å². The fraction of sp³-hybridized carbons (Fsp3) is 0.526. The third-order valence-corrected chi connectivity index (χ3v) is 5.36. The van der Waals surface area contributed by atoms with Gasteiger partial charge in [0.2, 0.25) is 11.6 Å². The molecule has 0 aromatic carbocycles. The number of hydrogen-bond acceptors (Lipinski definition) is 8. The van der Waals surface area contributed by atoms with Crippen molar-refractivity contribution in [3.63, 3.8) is 0 Å². The third kappa shape index (κ3) is 3.54. The van der Waals surface area contributed by atoms with Gasteiger partial charge in [-0.1, -0.05) is 0 Å². The molecule has 0 radical (unpaired) electrons. The molecule has 0 saturated carbocycles. The van der Waals surface area contributed by atoms with Gasteiger partial charge in [0.15, 0.2) is 0 Å². The maximum atomic E-state index is 13.3. The van der Waals surface area contributed by atoms with Gasteiger partial charge in [0.1, 0.15) is 18.4 Å². The van der Waals surface area contributed by atoms with E-state index in [0.717, 1.165) is 13.0 Å². The van der Waals surface area contributed by atoms with Crippen LogP contribution in [0.15, 0.2) is 11.3 Å². The van der Waals surface area contributed by atoms with Gasteiger partial charge in [0.25, 0.3) is 0 Å². The molecule has 1 amide bonds. The standard InChI is InChI=1S/C19H27N5O5/c1-9-13(23-6-4-5-22-2)17(26)12-10(8-29-19(21)27)14-18(28-3)11(20)7-24(14)15(12)16(9)25/h11,18,22-23H,4-8,20H2,1-3H3,(H2,21,27)/t11-,18+/m0/s1. The lowest BCUT2D eigenvalue weighted by Gasteiger charge is -2.21. The van der Waals surface area contributed by atoms with Crippen LogP contribution in [0.3, 0.4) is 0 Å². The second kappa shape index (κ2) is 8.36. The van der Waals surface area contributed by atoms with Crippen LogP contribution in [-0.2, 0) is 22.6 Å². The zero-order valence-electron chi connectivity index (χ0n) is 16.8. The number of methoxy groups -OCH3 is 1. The predicted octanol–water partition coefficient (Wildman–Crippen LogP) is -0.0361. The normalized spacial score (nSPS) is 20.7. The Kier molecular flexibility index (Phi) is 6.06. The van der Waals surface area contributed by atoms with E-state index in [0.29, 0.717) is 29.9 Å². The zero-order valence-corrected chi connectivity index (χ0v) is 16.8. The summed E-state index contributed by atoms with van der Waals surface area (Å²) in [6.07, 6.45) is -0.715. The molecule has 1 aliphatic carbocycles. The van der Waals surface area contributed by atoms with Crippen molar-refractivity contribution in [2.75, 3.05) is 27.2 Å². The Morgan fingerprint density at radius 3 is 2.62 bits per heavy atom. The molecule has 158 valence electrons. The monoisotopic (exact) mass is 405 g/mol. The van der Waals surface area contributed by atoms with Crippen LogP contribution in [0.1, 0.15) is 51.6 Å². The number of hydrogen-bond donors (Lipinski definition) is 4. The van der Waals surface area contributed by atoms with Crippen molar-refractivity contribution < 1.29 is 23.9 Å². The first kappa shape index (κ1) is 21.0. The van der Waals surface area contributed by atoms with Crippen LogP contribution in [0.2, 0.25) is 0 Å². The molecule has 0 spiro atoms. The lowest BCUT2D eigenvalue weighted by atomic mass is 9.89. The van der Waals surface area contributed by atoms with Gasteiger partial charge in [0, 0.05) is 31.3 Å². The molecular weight excluding hydrogens is 378 g/mol. The summed E-state index contributed by atoms with van der Waals surface area (Å²) in [7, 11) is 3.35. The number of carbonyl (C=O) groups excluding carboxylic acids is 3. The Labute approximate surface area is 168 Å². The molecule has 29 heavy (non-hydrogen) atoms. The molecular formula is C19H27N5O5. The first-order valence-electron chi connectivity index (χ1n) is 9.48. The Balaban J connectivity index is 2.07. The van der Waals surface area contributed by atoms with Crippen LogP contribution >= 0.6 is 0 Å². The number of nitrogens with one attached hydrogen (secondary N) is 2. The maximum absolute atomic E-state index is 13.3. The van der Waals surface area contributed by atoms with Crippen molar-refractivity contribution in [1.82, 2.24) is 15.2 Å². The lowest BCUT2D eigenvalue weighted by Crippen LogP contribution is -2.33. The average molecular weight is 405 g/mol. The number of primary amides is 1. The highest BCUT2D eigenvalue weighted by atomic mass is 16.5. The van der Waals surface area contributed by atoms with Crippen molar-refractivity contribution in [1.29, 1.82) is 0 Å². The molecule has 0 fully saturated rings. The van der Waals surface area contributed by atoms with Crippen molar-refractivity contribution in [3.8, 4) is 0 Å². The summed E-state index contributed by atoms with van der Waals surface area (Å²) in [4.78, 5) is 37.7. The van der Waals surface area contributed by atoms with Crippen molar-refractivity contribution in [2.24, 2.45) is 11.5 Å². The van der Waals surface area contributed by atoms with Gasteiger partial charge in [0.05, 0.1) is 23.0 Å². The van der Waals surface area contributed by atoms with E-state index in [1.165, 1.54) is 7.11 Å². The molecule has 3 rings (SSSR count). The fourth-order valence-electron chi connectivity index (χ4n) is 4.05. The molecule has 0 bridgehead atoms. The molecule has 1 aliphatic heterocycles. The first-order valence-corrected chi connectivity index (χ1v) is 9.48. The van der Waals surface area contributed by atoms with E-state index in [1.54, 1.807) is 11.5 Å². The minimum absolute atomic E-state index is 0.224. The maximum Gasteiger partial charge on any atom is 0.404 e. The van der Waals surface area contributed by atoms with Gasteiger partial charge >= 0.3 is 6.09 Å². The van der Waals surface area contributed by atoms with Gasteiger partial charge < -0.3 is 36.1 Å². The highest BCUT2D eigenvalue weighted by molar-refractivity contribution is 6.26. The summed E-state index contributed by atoms with van der Waals surface area (Å²) < 4.78 is 12.2. The molecule has 0 unspecified atom stereocenters. The highest BCUT2D eigenvalue weighted by Gasteiger charge is 2.44. The van der Waals surface area contributed by atoms with Gasteiger partial charge in [-0.15, -0.1) is 0 Å². The van der Waals surface area contributed by atoms with Gasteiger partial charge in [-0.2, -0.15) is 0 Å².